The van der Waals surface area contributed by atoms with Crippen LogP contribution in [-0.2, 0) is 4.74 Å². The molecule has 1 unspecified atom stereocenters. The molecule has 4 rings (SSSR count). The number of nitrogens with one attached hydrogen (secondary N) is 3. The number of carbonyl (C=O) groups is 3. The number of rotatable bonds is 9. The van der Waals surface area contributed by atoms with Crippen LogP contribution in [0.25, 0.3) is 11.0 Å². The molecular weight excluding hydrogens is 566 g/mol. The number of carboxylic acid groups (broad SMARTS) is 1. The molecule has 2 aromatic carbocycles. The summed E-state index contributed by atoms with van der Waals surface area (Å²) in [6, 6.07) is 18.1. The van der Waals surface area contributed by atoms with Gasteiger partial charge in [-0.15, -0.1) is 0 Å². The van der Waals surface area contributed by atoms with Crippen LogP contribution < -0.4 is 25.8 Å². The summed E-state index contributed by atoms with van der Waals surface area (Å²) in [6.07, 6.45) is -1.61. The van der Waals surface area contributed by atoms with E-state index in [1.54, 1.807) is 52.0 Å². The second-order valence-corrected chi connectivity index (χ2v) is 11.0. The van der Waals surface area contributed by atoms with Gasteiger partial charge in [0.25, 0.3) is 11.5 Å². The summed E-state index contributed by atoms with van der Waals surface area (Å²) >= 11 is 0. The molecule has 0 fully saturated rings. The van der Waals surface area contributed by atoms with E-state index >= 15 is 0 Å². The molecule has 2 aromatic heterocycles. The van der Waals surface area contributed by atoms with E-state index in [2.05, 4.69) is 20.6 Å². The number of ether oxygens (including phenoxy) is 2. The van der Waals surface area contributed by atoms with Crippen molar-refractivity contribution in [1.82, 2.24) is 20.6 Å². The maximum absolute atomic E-state index is 13.5. The van der Waals surface area contributed by atoms with Gasteiger partial charge in [0.2, 0.25) is 5.88 Å². The number of aryl methyl sites for hydroxylation is 1. The number of anilines is 2. The lowest BCUT2D eigenvalue weighted by Gasteiger charge is -2.23. The fraction of sp³-hybridized carbons (Fsp3) is 0.281. The zero-order valence-corrected chi connectivity index (χ0v) is 25.1. The highest BCUT2D eigenvalue weighted by atomic mass is 16.6. The number of hydrogen-bond acceptors (Lipinski definition) is 7. The van der Waals surface area contributed by atoms with Gasteiger partial charge < -0.3 is 30.2 Å². The summed E-state index contributed by atoms with van der Waals surface area (Å²) in [7, 11) is 1.45. The van der Waals surface area contributed by atoms with Crippen molar-refractivity contribution in [2.45, 2.75) is 45.8 Å². The molecule has 0 aliphatic rings. The molecule has 4 N–H and O–H groups in total. The lowest BCUT2D eigenvalue weighted by Crippen LogP contribution is -2.36. The lowest BCUT2D eigenvalue weighted by atomic mass is 10.0. The number of pyridine rings is 2. The highest BCUT2D eigenvalue weighted by Gasteiger charge is 2.25. The third kappa shape index (κ3) is 7.71. The third-order valence-electron chi connectivity index (χ3n) is 6.62. The van der Waals surface area contributed by atoms with Crippen LogP contribution in [0.5, 0.6) is 5.88 Å². The molecule has 1 atom stereocenters. The van der Waals surface area contributed by atoms with E-state index in [1.807, 2.05) is 30.3 Å². The Morgan fingerprint density at radius 1 is 1.02 bits per heavy atom. The van der Waals surface area contributed by atoms with Gasteiger partial charge in [0.15, 0.2) is 0 Å². The van der Waals surface area contributed by atoms with E-state index in [1.165, 1.54) is 19.2 Å². The van der Waals surface area contributed by atoms with Crippen molar-refractivity contribution in [2.24, 2.45) is 0 Å². The van der Waals surface area contributed by atoms with E-state index in [0.29, 0.717) is 23.3 Å². The Morgan fingerprint density at radius 2 is 1.75 bits per heavy atom. The molecule has 0 saturated carbocycles. The van der Waals surface area contributed by atoms with Crippen molar-refractivity contribution in [1.29, 1.82) is 0 Å². The number of alkyl carbamates (subject to hydrolysis) is 1. The van der Waals surface area contributed by atoms with Crippen molar-refractivity contribution in [3.8, 4) is 5.88 Å². The number of amides is 3. The van der Waals surface area contributed by atoms with E-state index in [9.17, 15) is 24.3 Å². The SMILES string of the molecule is COc1ccc2cc(N(C(=O)O)c3cc(C(=O)NC(CCNC(=O)OC(C)(C)C)c4ccccc4)ccc3C)c(=O)[nH]c2n1. The monoisotopic (exact) mass is 601 g/mol. The van der Waals surface area contributed by atoms with Gasteiger partial charge >= 0.3 is 12.2 Å². The van der Waals surface area contributed by atoms with Crippen LogP contribution in [0.1, 0.15) is 54.7 Å². The van der Waals surface area contributed by atoms with Crippen LogP contribution in [-0.4, -0.2) is 52.4 Å². The number of fused-ring (bicyclic) bond motifs is 1. The van der Waals surface area contributed by atoms with E-state index in [4.69, 9.17) is 9.47 Å². The van der Waals surface area contributed by atoms with Gasteiger partial charge in [-0.05, 0) is 69.5 Å². The number of methoxy groups -OCH3 is 1. The summed E-state index contributed by atoms with van der Waals surface area (Å²) in [4.78, 5) is 58.9. The first-order valence-corrected chi connectivity index (χ1v) is 13.9. The van der Waals surface area contributed by atoms with Crippen LogP contribution in [0, 0.1) is 6.92 Å². The summed E-state index contributed by atoms with van der Waals surface area (Å²) in [5.41, 5.74) is 0.412. The molecule has 0 radical (unpaired) electrons. The number of benzene rings is 2. The minimum Gasteiger partial charge on any atom is -0.481 e. The van der Waals surface area contributed by atoms with Crippen molar-refractivity contribution >= 4 is 40.5 Å². The second kappa shape index (κ2) is 13.3. The maximum atomic E-state index is 13.5. The Hall–Kier alpha value is -5.39. The van der Waals surface area contributed by atoms with Crippen molar-refractivity contribution < 1.29 is 29.0 Å². The number of hydrogen-bond donors (Lipinski definition) is 4. The highest BCUT2D eigenvalue weighted by molar-refractivity contribution is 6.00. The largest absolute Gasteiger partial charge is 0.481 e. The topological polar surface area (TPSA) is 163 Å². The van der Waals surface area contributed by atoms with Crippen LogP contribution in [0.4, 0.5) is 21.0 Å². The molecule has 4 aromatic rings. The maximum Gasteiger partial charge on any atom is 0.416 e. The van der Waals surface area contributed by atoms with Gasteiger partial charge in [0, 0.05) is 23.6 Å². The van der Waals surface area contributed by atoms with Gasteiger partial charge in [-0.1, -0.05) is 36.4 Å². The first kappa shape index (κ1) is 31.5. The molecule has 44 heavy (non-hydrogen) atoms. The smallest absolute Gasteiger partial charge is 0.416 e. The van der Waals surface area contributed by atoms with Crippen LogP contribution >= 0.6 is 0 Å². The molecule has 2 heterocycles. The van der Waals surface area contributed by atoms with Gasteiger partial charge in [0.1, 0.15) is 16.9 Å². The molecule has 0 aliphatic carbocycles. The fourth-order valence-electron chi connectivity index (χ4n) is 4.54. The fourth-order valence-corrected chi connectivity index (χ4v) is 4.54. The molecular formula is C32H35N5O7. The predicted molar refractivity (Wildman–Crippen MR) is 166 cm³/mol. The zero-order chi connectivity index (χ0) is 32.0. The van der Waals surface area contributed by atoms with Crippen LogP contribution in [0.3, 0.4) is 0 Å². The number of aromatic amines is 1. The van der Waals surface area contributed by atoms with E-state index in [0.717, 1.165) is 10.5 Å². The van der Waals surface area contributed by atoms with Crippen molar-refractivity contribution in [2.75, 3.05) is 18.6 Å². The van der Waals surface area contributed by atoms with Gasteiger partial charge in [0.05, 0.1) is 18.8 Å². The Labute approximate surface area is 254 Å². The van der Waals surface area contributed by atoms with Gasteiger partial charge in [-0.2, -0.15) is 4.98 Å². The Morgan fingerprint density at radius 3 is 2.41 bits per heavy atom. The first-order chi connectivity index (χ1) is 20.9. The number of nitrogens with zero attached hydrogens (tertiary/aromatic N) is 2. The van der Waals surface area contributed by atoms with Crippen LogP contribution in [0.2, 0.25) is 0 Å². The Balaban J connectivity index is 1.62. The number of aromatic nitrogens is 2. The Kier molecular flexibility index (Phi) is 9.52. The Bertz CT molecular complexity index is 1730. The van der Waals surface area contributed by atoms with E-state index in [-0.39, 0.29) is 29.1 Å². The molecule has 3 amide bonds. The predicted octanol–water partition coefficient (Wildman–Crippen LogP) is 5.44. The average molecular weight is 602 g/mol. The standard InChI is InChI=1S/C32H35N5O7/c1-19-11-12-22(28(38)34-23(20-9-7-6-8-10-20)15-16-33-30(40)44-32(2,3)4)18-24(19)37(31(41)42)25-17-21-13-14-26(43-5)35-27(21)36-29(25)39/h6-14,17-18,23H,15-16H2,1-5H3,(H,33,40)(H,34,38)(H,41,42)(H,35,36,39). The van der Waals surface area contributed by atoms with Crippen molar-refractivity contribution in [3.05, 3.63) is 93.8 Å². The number of carbonyl (C=O) groups excluding carboxylic acids is 2. The van der Waals surface area contributed by atoms with Gasteiger partial charge in [-0.25, -0.2) is 14.5 Å². The highest BCUT2D eigenvalue weighted by Crippen LogP contribution is 2.30. The molecule has 0 saturated heterocycles. The van der Waals surface area contributed by atoms with Crippen molar-refractivity contribution in [3.63, 3.8) is 0 Å². The average Bonchev–Trinajstić information content (AvgIpc) is 2.97. The lowest BCUT2D eigenvalue weighted by molar-refractivity contribution is 0.0526. The first-order valence-electron chi connectivity index (χ1n) is 13.9. The summed E-state index contributed by atoms with van der Waals surface area (Å²) in [6.45, 7) is 7.22. The molecule has 12 heteroatoms. The third-order valence-corrected chi connectivity index (χ3v) is 6.62. The minimum atomic E-state index is -1.41. The summed E-state index contributed by atoms with van der Waals surface area (Å²) in [5.74, 6) is -0.175. The summed E-state index contributed by atoms with van der Waals surface area (Å²) in [5, 5.41) is 16.4. The molecule has 0 aliphatic heterocycles. The van der Waals surface area contributed by atoms with Crippen LogP contribution in [0.15, 0.2) is 71.5 Å². The van der Waals surface area contributed by atoms with Gasteiger partial charge in [-0.3, -0.25) is 9.59 Å². The second-order valence-electron chi connectivity index (χ2n) is 11.0. The normalized spacial score (nSPS) is 11.8. The molecule has 230 valence electrons. The van der Waals surface area contributed by atoms with E-state index < -0.39 is 35.3 Å². The molecule has 12 nitrogen and oxygen atoms in total. The summed E-state index contributed by atoms with van der Waals surface area (Å²) < 4.78 is 10.4. The molecule has 0 spiro atoms. The zero-order valence-electron chi connectivity index (χ0n) is 25.1. The minimum absolute atomic E-state index is 0.138. The quantitative estimate of drug-likeness (QED) is 0.197. The molecule has 0 bridgehead atoms. The number of H-pyrrole nitrogens is 1.